The Hall–Kier alpha value is -2.32. The molecule has 10 heteroatoms. The van der Waals surface area contributed by atoms with Gasteiger partial charge in [0.2, 0.25) is 0 Å². The van der Waals surface area contributed by atoms with Gasteiger partial charge in [-0.05, 0) is 6.07 Å². The van der Waals surface area contributed by atoms with Gasteiger partial charge in [0.25, 0.3) is 5.69 Å². The monoisotopic (exact) mass is 400 g/mol. The summed E-state index contributed by atoms with van der Waals surface area (Å²) in [6.45, 7) is 2.06. The normalized spacial score (nSPS) is 14.5. The zero-order valence-electron chi connectivity index (χ0n) is 13.8. The molecule has 1 fully saturated rings. The highest BCUT2D eigenvalue weighted by molar-refractivity contribution is 6.36. The summed E-state index contributed by atoms with van der Waals surface area (Å²) in [5.41, 5.74) is 0.0301. The minimum atomic E-state index is -0.765. The number of anilines is 2. The molecule has 0 radical (unpaired) electrons. The molecule has 1 aliphatic heterocycles. The lowest BCUT2D eigenvalue weighted by atomic mass is 10.2. The fraction of sp³-hybridized carbons (Fsp3) is 0.312. The summed E-state index contributed by atoms with van der Waals surface area (Å²) in [4.78, 5) is 18.7. The molecule has 138 valence electrons. The summed E-state index contributed by atoms with van der Waals surface area (Å²) in [6.07, 6.45) is 1.52. The van der Waals surface area contributed by atoms with Crippen molar-refractivity contribution in [3.8, 4) is 5.75 Å². The van der Waals surface area contributed by atoms with Gasteiger partial charge < -0.3 is 14.5 Å². The molecule has 1 aliphatic rings. The van der Waals surface area contributed by atoms with Gasteiger partial charge in [0.15, 0.2) is 11.6 Å². The van der Waals surface area contributed by atoms with Crippen LogP contribution in [0.25, 0.3) is 0 Å². The number of rotatable bonds is 4. The van der Waals surface area contributed by atoms with Crippen LogP contribution in [0.15, 0.2) is 24.4 Å². The van der Waals surface area contributed by atoms with Crippen molar-refractivity contribution in [3.05, 3.63) is 50.4 Å². The molecule has 0 N–H and O–H groups in total. The molecule has 0 unspecified atom stereocenters. The standard InChI is InChI=1S/C16H15Cl2FN4O3/c1-26-15-8-13(14(23(24)25)7-12(15)19)21-2-4-22(5-3-21)16-11(18)6-10(17)9-20-16/h6-9H,2-5H2,1H3. The van der Waals surface area contributed by atoms with Crippen molar-refractivity contribution in [1.82, 2.24) is 4.98 Å². The van der Waals surface area contributed by atoms with E-state index in [-0.39, 0.29) is 11.4 Å². The average Bonchev–Trinajstić information content (AvgIpc) is 2.61. The van der Waals surface area contributed by atoms with E-state index in [9.17, 15) is 14.5 Å². The average molecular weight is 401 g/mol. The van der Waals surface area contributed by atoms with Crippen molar-refractivity contribution >= 4 is 40.4 Å². The molecule has 0 spiro atoms. The predicted molar refractivity (Wildman–Crippen MR) is 98.3 cm³/mol. The molecule has 2 aromatic rings. The molecule has 26 heavy (non-hydrogen) atoms. The number of pyridine rings is 1. The van der Waals surface area contributed by atoms with Gasteiger partial charge >= 0.3 is 0 Å². The van der Waals surface area contributed by atoms with Crippen molar-refractivity contribution in [2.75, 3.05) is 43.1 Å². The van der Waals surface area contributed by atoms with Crippen LogP contribution in [0, 0.1) is 15.9 Å². The van der Waals surface area contributed by atoms with Crippen LogP contribution in [-0.2, 0) is 0 Å². The van der Waals surface area contributed by atoms with Crippen LogP contribution < -0.4 is 14.5 Å². The first kappa shape index (κ1) is 18.5. The van der Waals surface area contributed by atoms with Crippen molar-refractivity contribution in [2.24, 2.45) is 0 Å². The van der Waals surface area contributed by atoms with Crippen LogP contribution in [0.1, 0.15) is 0 Å². The minimum absolute atomic E-state index is 0.0320. The third kappa shape index (κ3) is 3.61. The second-order valence-electron chi connectivity index (χ2n) is 5.67. The predicted octanol–water partition coefficient (Wildman–Crippen LogP) is 3.77. The zero-order valence-corrected chi connectivity index (χ0v) is 15.3. The van der Waals surface area contributed by atoms with Gasteiger partial charge in [-0.25, -0.2) is 9.37 Å². The van der Waals surface area contributed by atoms with Crippen LogP contribution in [0.2, 0.25) is 10.0 Å². The van der Waals surface area contributed by atoms with Crippen molar-refractivity contribution < 1.29 is 14.1 Å². The molecule has 1 saturated heterocycles. The fourth-order valence-electron chi connectivity index (χ4n) is 2.89. The minimum Gasteiger partial charge on any atom is -0.494 e. The van der Waals surface area contributed by atoms with E-state index in [1.807, 2.05) is 9.80 Å². The largest absolute Gasteiger partial charge is 0.494 e. The summed E-state index contributed by atoms with van der Waals surface area (Å²) in [5.74, 6) is -0.184. The topological polar surface area (TPSA) is 71.7 Å². The lowest BCUT2D eigenvalue weighted by Gasteiger charge is -2.36. The Kier molecular flexibility index (Phi) is 5.33. The number of methoxy groups -OCH3 is 1. The van der Waals surface area contributed by atoms with E-state index in [2.05, 4.69) is 4.98 Å². The maximum absolute atomic E-state index is 13.8. The Morgan fingerprint density at radius 2 is 1.85 bits per heavy atom. The van der Waals surface area contributed by atoms with Crippen LogP contribution >= 0.6 is 23.2 Å². The lowest BCUT2D eigenvalue weighted by molar-refractivity contribution is -0.384. The lowest BCUT2D eigenvalue weighted by Crippen LogP contribution is -2.47. The van der Waals surface area contributed by atoms with E-state index >= 15 is 0 Å². The van der Waals surface area contributed by atoms with Crippen LogP contribution in [-0.4, -0.2) is 43.2 Å². The number of benzene rings is 1. The van der Waals surface area contributed by atoms with Crippen LogP contribution in [0.4, 0.5) is 21.6 Å². The maximum Gasteiger partial charge on any atom is 0.295 e. The van der Waals surface area contributed by atoms with E-state index in [0.717, 1.165) is 6.07 Å². The quantitative estimate of drug-likeness (QED) is 0.574. The third-order valence-corrected chi connectivity index (χ3v) is 4.64. The van der Waals surface area contributed by atoms with Crippen LogP contribution in [0.5, 0.6) is 5.75 Å². The summed E-state index contributed by atoms with van der Waals surface area (Å²) in [6, 6.07) is 3.86. The molecule has 0 aliphatic carbocycles. The SMILES string of the molecule is COc1cc(N2CCN(c3ncc(Cl)cc3Cl)CC2)c([N+](=O)[O-])cc1F. The fourth-order valence-corrected chi connectivity index (χ4v) is 3.39. The van der Waals surface area contributed by atoms with Gasteiger partial charge in [-0.15, -0.1) is 0 Å². The summed E-state index contributed by atoms with van der Waals surface area (Å²) >= 11 is 12.1. The summed E-state index contributed by atoms with van der Waals surface area (Å²) < 4.78 is 18.8. The number of piperazine rings is 1. The van der Waals surface area contributed by atoms with Gasteiger partial charge in [0.05, 0.1) is 28.1 Å². The Morgan fingerprint density at radius 3 is 2.42 bits per heavy atom. The number of hydrogen-bond donors (Lipinski definition) is 0. The van der Waals surface area contributed by atoms with Gasteiger partial charge in [0.1, 0.15) is 11.5 Å². The Labute approximate surface area is 159 Å². The molecule has 0 saturated carbocycles. The molecule has 1 aromatic carbocycles. The van der Waals surface area contributed by atoms with Crippen molar-refractivity contribution in [1.29, 1.82) is 0 Å². The molecule has 3 rings (SSSR count). The number of nitro benzene ring substituents is 1. The molecule has 0 atom stereocenters. The van der Waals surface area contributed by atoms with E-state index in [1.165, 1.54) is 19.4 Å². The number of halogens is 3. The third-order valence-electron chi connectivity index (χ3n) is 4.15. The Bertz CT molecular complexity index is 844. The Balaban J connectivity index is 1.82. The number of nitro groups is 1. The summed E-state index contributed by atoms with van der Waals surface area (Å²) in [7, 11) is 1.32. The van der Waals surface area contributed by atoms with E-state index in [1.54, 1.807) is 6.07 Å². The van der Waals surface area contributed by atoms with Crippen molar-refractivity contribution in [3.63, 3.8) is 0 Å². The highest BCUT2D eigenvalue weighted by Gasteiger charge is 2.27. The van der Waals surface area contributed by atoms with Gasteiger partial charge in [-0.3, -0.25) is 10.1 Å². The highest BCUT2D eigenvalue weighted by atomic mass is 35.5. The van der Waals surface area contributed by atoms with Crippen LogP contribution in [0.3, 0.4) is 0 Å². The summed E-state index contributed by atoms with van der Waals surface area (Å²) in [5, 5.41) is 12.2. The number of hydrogen-bond acceptors (Lipinski definition) is 6. The molecular weight excluding hydrogens is 386 g/mol. The first-order valence-electron chi connectivity index (χ1n) is 7.73. The first-order chi connectivity index (χ1) is 12.4. The second-order valence-corrected chi connectivity index (χ2v) is 6.51. The number of aromatic nitrogens is 1. The first-order valence-corrected chi connectivity index (χ1v) is 8.49. The van der Waals surface area contributed by atoms with E-state index < -0.39 is 10.7 Å². The van der Waals surface area contributed by atoms with E-state index in [0.29, 0.717) is 47.7 Å². The Morgan fingerprint density at radius 1 is 1.19 bits per heavy atom. The smallest absolute Gasteiger partial charge is 0.295 e. The molecular formula is C16H15Cl2FN4O3. The molecule has 7 nitrogen and oxygen atoms in total. The number of ether oxygens (including phenoxy) is 1. The van der Waals surface area contributed by atoms with Gasteiger partial charge in [0, 0.05) is 38.4 Å². The van der Waals surface area contributed by atoms with E-state index in [4.69, 9.17) is 27.9 Å². The molecule has 0 bridgehead atoms. The number of nitrogens with zero attached hydrogens (tertiary/aromatic N) is 4. The molecule has 2 heterocycles. The van der Waals surface area contributed by atoms with Crippen molar-refractivity contribution in [2.45, 2.75) is 0 Å². The van der Waals surface area contributed by atoms with Gasteiger partial charge in [-0.1, -0.05) is 23.2 Å². The zero-order chi connectivity index (χ0) is 18.8. The maximum atomic E-state index is 13.8. The molecule has 0 amide bonds. The second kappa shape index (κ2) is 7.51. The molecule has 1 aromatic heterocycles. The van der Waals surface area contributed by atoms with Gasteiger partial charge in [-0.2, -0.15) is 0 Å². The highest BCUT2D eigenvalue weighted by Crippen LogP contribution is 2.35.